The highest BCUT2D eigenvalue weighted by Gasteiger charge is 1.98. The zero-order chi connectivity index (χ0) is 9.52. The first-order chi connectivity index (χ1) is 6.36. The van der Waals surface area contributed by atoms with Crippen molar-refractivity contribution in [1.82, 2.24) is 9.97 Å². The van der Waals surface area contributed by atoms with E-state index in [0.717, 1.165) is 6.42 Å². The van der Waals surface area contributed by atoms with E-state index in [1.807, 2.05) is 0 Å². The summed E-state index contributed by atoms with van der Waals surface area (Å²) in [6.07, 6.45) is 2.38. The van der Waals surface area contributed by atoms with Gasteiger partial charge in [-0.05, 0) is 13.0 Å². The van der Waals surface area contributed by atoms with Crippen molar-refractivity contribution in [3.8, 4) is 11.9 Å². The molecular formula is C8H13N3O2. The Morgan fingerprint density at radius 2 is 2.38 bits per heavy atom. The highest BCUT2D eigenvalue weighted by Crippen LogP contribution is 2.08. The smallest absolute Gasteiger partial charge is 0.319 e. The number of aromatic nitrogens is 2. The zero-order valence-corrected chi connectivity index (χ0v) is 7.56. The first-order valence-corrected chi connectivity index (χ1v) is 4.06. The van der Waals surface area contributed by atoms with Gasteiger partial charge in [-0.2, -0.15) is 4.98 Å². The average Bonchev–Trinajstić information content (AvgIpc) is 2.19. The van der Waals surface area contributed by atoms with E-state index in [1.54, 1.807) is 19.4 Å². The third-order valence-electron chi connectivity index (χ3n) is 1.40. The molecule has 0 bridgehead atoms. The molecule has 13 heavy (non-hydrogen) atoms. The number of hydrogen-bond acceptors (Lipinski definition) is 5. The molecule has 0 spiro atoms. The standard InChI is InChI=1S/C8H13N3O2/c1-12-7-3-5-10-8(11-7)13-6-2-4-9/h3,5H,2,4,6,9H2,1H3. The Balaban J connectivity index is 2.46. The molecule has 5 nitrogen and oxygen atoms in total. The van der Waals surface area contributed by atoms with Crippen molar-refractivity contribution in [1.29, 1.82) is 0 Å². The van der Waals surface area contributed by atoms with E-state index in [1.165, 1.54) is 0 Å². The molecule has 1 heterocycles. The van der Waals surface area contributed by atoms with Gasteiger partial charge < -0.3 is 15.2 Å². The van der Waals surface area contributed by atoms with Crippen LogP contribution in [0.5, 0.6) is 11.9 Å². The van der Waals surface area contributed by atoms with E-state index in [9.17, 15) is 0 Å². The van der Waals surface area contributed by atoms with Crippen molar-refractivity contribution < 1.29 is 9.47 Å². The van der Waals surface area contributed by atoms with Crippen LogP contribution in [0, 0.1) is 0 Å². The monoisotopic (exact) mass is 183 g/mol. The Kier molecular flexibility index (Phi) is 3.98. The maximum Gasteiger partial charge on any atom is 0.319 e. The average molecular weight is 183 g/mol. The number of nitrogens with zero attached hydrogens (tertiary/aromatic N) is 2. The summed E-state index contributed by atoms with van der Waals surface area (Å²) < 4.78 is 10.1. The highest BCUT2D eigenvalue weighted by molar-refractivity contribution is 5.10. The van der Waals surface area contributed by atoms with Gasteiger partial charge in [0.05, 0.1) is 13.7 Å². The lowest BCUT2D eigenvalue weighted by atomic mass is 10.5. The molecule has 0 atom stereocenters. The molecule has 1 aromatic rings. The SMILES string of the molecule is COc1ccnc(OCCCN)n1. The van der Waals surface area contributed by atoms with Crippen LogP contribution in [0.1, 0.15) is 6.42 Å². The first-order valence-electron chi connectivity index (χ1n) is 4.06. The molecule has 0 aromatic carbocycles. The van der Waals surface area contributed by atoms with Gasteiger partial charge in [0.1, 0.15) is 0 Å². The minimum Gasteiger partial charge on any atom is -0.481 e. The lowest BCUT2D eigenvalue weighted by Gasteiger charge is -2.03. The summed E-state index contributed by atoms with van der Waals surface area (Å²) in [6, 6.07) is 1.99. The molecule has 0 saturated heterocycles. The topological polar surface area (TPSA) is 70.3 Å². The van der Waals surface area contributed by atoms with Crippen LogP contribution in [0.4, 0.5) is 0 Å². The van der Waals surface area contributed by atoms with Gasteiger partial charge in [-0.15, -0.1) is 0 Å². The van der Waals surface area contributed by atoms with Gasteiger partial charge in [0.25, 0.3) is 0 Å². The fourth-order valence-electron chi connectivity index (χ4n) is 0.755. The number of methoxy groups -OCH3 is 1. The lowest BCUT2D eigenvalue weighted by Crippen LogP contribution is -2.07. The fourth-order valence-corrected chi connectivity index (χ4v) is 0.755. The van der Waals surface area contributed by atoms with Gasteiger partial charge in [0.15, 0.2) is 0 Å². The van der Waals surface area contributed by atoms with Crippen molar-refractivity contribution in [2.75, 3.05) is 20.3 Å². The van der Waals surface area contributed by atoms with Crippen LogP contribution >= 0.6 is 0 Å². The number of nitrogens with two attached hydrogens (primary N) is 1. The third kappa shape index (κ3) is 3.25. The van der Waals surface area contributed by atoms with Crippen molar-refractivity contribution in [2.45, 2.75) is 6.42 Å². The molecule has 1 rings (SSSR count). The molecule has 0 radical (unpaired) electrons. The normalized spacial score (nSPS) is 9.69. The van der Waals surface area contributed by atoms with Crippen LogP contribution < -0.4 is 15.2 Å². The summed E-state index contributed by atoms with van der Waals surface area (Å²) in [7, 11) is 1.55. The van der Waals surface area contributed by atoms with Crippen LogP contribution in [0.25, 0.3) is 0 Å². The number of rotatable bonds is 5. The number of hydrogen-bond donors (Lipinski definition) is 1. The molecule has 0 fully saturated rings. The Hall–Kier alpha value is -1.36. The van der Waals surface area contributed by atoms with E-state index < -0.39 is 0 Å². The number of ether oxygens (including phenoxy) is 2. The molecular weight excluding hydrogens is 170 g/mol. The molecule has 0 unspecified atom stereocenters. The summed E-state index contributed by atoms with van der Waals surface area (Å²) in [6.45, 7) is 1.13. The third-order valence-corrected chi connectivity index (χ3v) is 1.40. The summed E-state index contributed by atoms with van der Waals surface area (Å²) in [5, 5.41) is 0. The van der Waals surface area contributed by atoms with Crippen LogP contribution in [0.15, 0.2) is 12.3 Å². The van der Waals surface area contributed by atoms with Crippen molar-refractivity contribution >= 4 is 0 Å². The fraction of sp³-hybridized carbons (Fsp3) is 0.500. The zero-order valence-electron chi connectivity index (χ0n) is 7.56. The molecule has 72 valence electrons. The molecule has 5 heteroatoms. The van der Waals surface area contributed by atoms with Gasteiger partial charge in [0.2, 0.25) is 5.88 Å². The maximum absolute atomic E-state index is 5.30. The van der Waals surface area contributed by atoms with Crippen LogP contribution in [0.2, 0.25) is 0 Å². The Bertz CT molecular complexity index is 255. The second-order valence-corrected chi connectivity index (χ2v) is 2.37. The minimum absolute atomic E-state index is 0.327. The van der Waals surface area contributed by atoms with E-state index in [-0.39, 0.29) is 0 Å². The molecule has 2 N–H and O–H groups in total. The van der Waals surface area contributed by atoms with Gasteiger partial charge in [-0.3, -0.25) is 0 Å². The van der Waals surface area contributed by atoms with Gasteiger partial charge >= 0.3 is 6.01 Å². The van der Waals surface area contributed by atoms with Crippen LogP contribution in [-0.2, 0) is 0 Å². The quantitative estimate of drug-likeness (QED) is 0.661. The Labute approximate surface area is 76.9 Å². The van der Waals surface area contributed by atoms with E-state index >= 15 is 0 Å². The minimum atomic E-state index is 0.327. The lowest BCUT2D eigenvalue weighted by molar-refractivity contribution is 0.281. The molecule has 0 aliphatic heterocycles. The summed E-state index contributed by atoms with van der Waals surface area (Å²) in [5.41, 5.74) is 5.30. The van der Waals surface area contributed by atoms with Crippen LogP contribution in [0.3, 0.4) is 0 Å². The molecule has 0 aliphatic carbocycles. The second kappa shape index (κ2) is 5.31. The summed E-state index contributed by atoms with van der Waals surface area (Å²) >= 11 is 0. The van der Waals surface area contributed by atoms with Crippen molar-refractivity contribution in [2.24, 2.45) is 5.73 Å². The Morgan fingerprint density at radius 1 is 1.54 bits per heavy atom. The molecule has 1 aromatic heterocycles. The summed E-state index contributed by atoms with van der Waals surface area (Å²) in [4.78, 5) is 7.87. The molecule has 0 amide bonds. The highest BCUT2D eigenvalue weighted by atomic mass is 16.5. The summed E-state index contributed by atoms with van der Waals surface area (Å²) in [5.74, 6) is 0.498. The van der Waals surface area contributed by atoms with Gasteiger partial charge in [-0.25, -0.2) is 4.98 Å². The van der Waals surface area contributed by atoms with Crippen LogP contribution in [-0.4, -0.2) is 30.2 Å². The second-order valence-electron chi connectivity index (χ2n) is 2.37. The van der Waals surface area contributed by atoms with Crippen molar-refractivity contribution in [3.63, 3.8) is 0 Å². The predicted molar refractivity (Wildman–Crippen MR) is 47.8 cm³/mol. The van der Waals surface area contributed by atoms with E-state index in [2.05, 4.69) is 9.97 Å². The Morgan fingerprint density at radius 3 is 3.08 bits per heavy atom. The predicted octanol–water partition coefficient (Wildman–Crippen LogP) is 0.213. The maximum atomic E-state index is 5.30. The van der Waals surface area contributed by atoms with Gasteiger partial charge in [-0.1, -0.05) is 0 Å². The molecule has 0 saturated carbocycles. The van der Waals surface area contributed by atoms with E-state index in [4.69, 9.17) is 15.2 Å². The van der Waals surface area contributed by atoms with E-state index in [0.29, 0.717) is 25.0 Å². The first kappa shape index (κ1) is 9.73. The van der Waals surface area contributed by atoms with Crippen molar-refractivity contribution in [3.05, 3.63) is 12.3 Å². The largest absolute Gasteiger partial charge is 0.481 e. The van der Waals surface area contributed by atoms with Gasteiger partial charge in [0, 0.05) is 12.3 Å². The molecule has 0 aliphatic rings.